The Hall–Kier alpha value is -2.65. The molecule has 5 nitrogen and oxygen atoms in total. The first-order chi connectivity index (χ1) is 11.0. The van der Waals surface area contributed by atoms with Crippen LogP contribution in [0.4, 0.5) is 5.69 Å². The van der Waals surface area contributed by atoms with Gasteiger partial charge >= 0.3 is 0 Å². The molecule has 0 saturated heterocycles. The third-order valence-corrected chi connectivity index (χ3v) is 4.07. The molecule has 0 saturated carbocycles. The van der Waals surface area contributed by atoms with Crippen LogP contribution in [0, 0.1) is 25.2 Å². The number of aryl methyl sites for hydroxylation is 2. The van der Waals surface area contributed by atoms with Crippen LogP contribution in [0.25, 0.3) is 0 Å². The lowest BCUT2D eigenvalue weighted by Crippen LogP contribution is -2.45. The highest BCUT2D eigenvalue weighted by Gasteiger charge is 2.35. The van der Waals surface area contributed by atoms with Crippen LogP contribution in [-0.2, 0) is 4.79 Å². The van der Waals surface area contributed by atoms with Crippen molar-refractivity contribution in [1.29, 1.82) is 5.26 Å². The number of anilines is 1. The first-order valence-electron chi connectivity index (χ1n) is 7.07. The topological polar surface area (TPSA) is 69.3 Å². The van der Waals surface area contributed by atoms with Gasteiger partial charge in [0.15, 0.2) is 6.17 Å². The summed E-state index contributed by atoms with van der Waals surface area (Å²) in [5.74, 6) is 0.871. The van der Waals surface area contributed by atoms with E-state index in [2.05, 4.69) is 17.9 Å². The maximum atomic E-state index is 12.2. The average molecular weight is 325 g/mol. The zero-order chi connectivity index (χ0) is 16.6. The Balaban J connectivity index is 2.17. The predicted octanol–water partition coefficient (Wildman–Crippen LogP) is 3.20. The van der Waals surface area contributed by atoms with Crippen molar-refractivity contribution in [1.82, 2.24) is 5.32 Å². The molecular formula is C17H15N3O2S. The van der Waals surface area contributed by atoms with Gasteiger partial charge in [-0.25, -0.2) is 0 Å². The fourth-order valence-electron chi connectivity index (χ4n) is 2.55. The number of hydrogen-bond acceptors (Lipinski definition) is 5. The molecule has 1 amide bonds. The second-order valence-electron chi connectivity index (χ2n) is 5.34. The van der Waals surface area contributed by atoms with Crippen LogP contribution in [-0.4, -0.2) is 5.91 Å². The van der Waals surface area contributed by atoms with Gasteiger partial charge in [0.05, 0.1) is 5.03 Å². The molecule has 1 aromatic carbocycles. The summed E-state index contributed by atoms with van der Waals surface area (Å²) < 4.78 is 5.67. The molecule has 0 fully saturated rings. The summed E-state index contributed by atoms with van der Waals surface area (Å²) in [7, 11) is 0. The van der Waals surface area contributed by atoms with Gasteiger partial charge in [0.25, 0.3) is 5.91 Å². The lowest BCUT2D eigenvalue weighted by Gasteiger charge is -2.36. The van der Waals surface area contributed by atoms with Crippen molar-refractivity contribution in [2.75, 3.05) is 4.90 Å². The van der Waals surface area contributed by atoms with E-state index in [0.717, 1.165) is 17.0 Å². The van der Waals surface area contributed by atoms with Gasteiger partial charge in [0.1, 0.15) is 23.2 Å². The van der Waals surface area contributed by atoms with Crippen molar-refractivity contribution in [2.45, 2.75) is 20.0 Å². The largest absolute Gasteiger partial charge is 0.462 e. The van der Waals surface area contributed by atoms with Crippen molar-refractivity contribution in [3.05, 3.63) is 64.1 Å². The highest BCUT2D eigenvalue weighted by atomic mass is 32.1. The highest BCUT2D eigenvalue weighted by Crippen LogP contribution is 2.36. The SMILES string of the molecule is Cc1cccc(N2C(S)=C(C#N)C(=O)NC2c2ccc(C)o2)c1. The molecule has 1 unspecified atom stereocenters. The molecule has 3 rings (SSSR count). The van der Waals surface area contributed by atoms with E-state index in [-0.39, 0.29) is 5.57 Å². The minimum atomic E-state index is -0.553. The molecule has 1 aromatic heterocycles. The summed E-state index contributed by atoms with van der Waals surface area (Å²) in [6, 6.07) is 13.3. The number of nitrogens with zero attached hydrogens (tertiary/aromatic N) is 2. The fourth-order valence-corrected chi connectivity index (χ4v) is 2.94. The van der Waals surface area contributed by atoms with Crippen LogP contribution in [0.3, 0.4) is 0 Å². The second kappa shape index (κ2) is 5.86. The number of hydrogen-bond donors (Lipinski definition) is 2. The number of benzene rings is 1. The van der Waals surface area contributed by atoms with Crippen molar-refractivity contribution >= 4 is 24.2 Å². The smallest absolute Gasteiger partial charge is 0.266 e. The van der Waals surface area contributed by atoms with Gasteiger partial charge in [-0.3, -0.25) is 4.79 Å². The predicted molar refractivity (Wildman–Crippen MR) is 89.6 cm³/mol. The standard InChI is InChI=1S/C17H15N3O2S/c1-10-4-3-5-12(8-10)20-15(14-7-6-11(2)22-14)19-16(21)13(9-18)17(20)23/h3-8,15,23H,1-2H3,(H,19,21). The van der Waals surface area contributed by atoms with Crippen molar-refractivity contribution in [3.63, 3.8) is 0 Å². The maximum absolute atomic E-state index is 12.2. The lowest BCUT2D eigenvalue weighted by atomic mass is 10.1. The van der Waals surface area contributed by atoms with E-state index in [4.69, 9.17) is 4.42 Å². The Bertz CT molecular complexity index is 848. The van der Waals surface area contributed by atoms with E-state index < -0.39 is 12.1 Å². The molecule has 116 valence electrons. The molecule has 1 N–H and O–H groups in total. The zero-order valence-electron chi connectivity index (χ0n) is 12.7. The van der Waals surface area contributed by atoms with E-state index in [1.54, 1.807) is 4.90 Å². The van der Waals surface area contributed by atoms with E-state index in [1.807, 2.05) is 56.3 Å². The molecule has 0 bridgehead atoms. The van der Waals surface area contributed by atoms with E-state index in [1.165, 1.54) is 0 Å². The third-order valence-electron chi connectivity index (χ3n) is 3.63. The Labute approximate surface area is 139 Å². The molecule has 23 heavy (non-hydrogen) atoms. The van der Waals surface area contributed by atoms with Gasteiger partial charge in [-0.05, 0) is 43.7 Å². The van der Waals surface area contributed by atoms with Crippen LogP contribution in [0.2, 0.25) is 0 Å². The first kappa shape index (κ1) is 15.3. The summed E-state index contributed by atoms with van der Waals surface area (Å²) in [5, 5.41) is 12.4. The van der Waals surface area contributed by atoms with E-state index >= 15 is 0 Å². The minimum Gasteiger partial charge on any atom is -0.462 e. The Morgan fingerprint density at radius 2 is 2.09 bits per heavy atom. The van der Waals surface area contributed by atoms with Crippen LogP contribution in [0.5, 0.6) is 0 Å². The average Bonchev–Trinajstić information content (AvgIpc) is 2.93. The van der Waals surface area contributed by atoms with Crippen LogP contribution in [0.1, 0.15) is 23.2 Å². The quantitative estimate of drug-likeness (QED) is 0.832. The second-order valence-corrected chi connectivity index (χ2v) is 5.77. The molecule has 0 aliphatic carbocycles. The van der Waals surface area contributed by atoms with Crippen molar-refractivity contribution in [2.24, 2.45) is 0 Å². The van der Waals surface area contributed by atoms with Gasteiger partial charge < -0.3 is 14.6 Å². The molecule has 0 spiro atoms. The van der Waals surface area contributed by atoms with Gasteiger partial charge in [-0.15, -0.1) is 12.6 Å². The molecule has 6 heteroatoms. The van der Waals surface area contributed by atoms with Crippen LogP contribution >= 0.6 is 12.6 Å². The van der Waals surface area contributed by atoms with Crippen LogP contribution < -0.4 is 10.2 Å². The number of thiol groups is 1. The molecular weight excluding hydrogens is 310 g/mol. The number of nitriles is 1. The Morgan fingerprint density at radius 3 is 2.70 bits per heavy atom. The summed E-state index contributed by atoms with van der Waals surface area (Å²) in [5.41, 5.74) is 1.87. The fraction of sp³-hybridized carbons (Fsp3) is 0.176. The maximum Gasteiger partial charge on any atom is 0.266 e. The molecule has 1 aliphatic heterocycles. The van der Waals surface area contributed by atoms with E-state index in [9.17, 15) is 10.1 Å². The lowest BCUT2D eigenvalue weighted by molar-refractivity contribution is -0.118. The molecule has 1 atom stereocenters. The number of nitrogens with one attached hydrogen (secondary N) is 1. The van der Waals surface area contributed by atoms with Gasteiger partial charge in [0, 0.05) is 5.69 Å². The molecule has 0 radical (unpaired) electrons. The first-order valence-corrected chi connectivity index (χ1v) is 7.52. The Kier molecular flexibility index (Phi) is 3.89. The molecule has 2 heterocycles. The van der Waals surface area contributed by atoms with Crippen molar-refractivity contribution in [3.8, 4) is 6.07 Å². The van der Waals surface area contributed by atoms with Gasteiger partial charge in [-0.2, -0.15) is 5.26 Å². The van der Waals surface area contributed by atoms with Gasteiger partial charge in [-0.1, -0.05) is 12.1 Å². The number of amides is 1. The summed E-state index contributed by atoms with van der Waals surface area (Å²) in [4.78, 5) is 13.9. The summed E-state index contributed by atoms with van der Waals surface area (Å²) >= 11 is 4.43. The van der Waals surface area contributed by atoms with E-state index in [0.29, 0.717) is 10.8 Å². The minimum absolute atomic E-state index is 0.0191. The normalized spacial score (nSPS) is 17.9. The summed E-state index contributed by atoms with van der Waals surface area (Å²) in [6.45, 7) is 3.81. The molecule has 2 aromatic rings. The van der Waals surface area contributed by atoms with Crippen LogP contribution in [0.15, 0.2) is 51.4 Å². The Morgan fingerprint density at radius 1 is 1.30 bits per heavy atom. The third kappa shape index (κ3) is 2.71. The summed E-state index contributed by atoms with van der Waals surface area (Å²) in [6.07, 6.45) is -0.553. The zero-order valence-corrected chi connectivity index (χ0v) is 13.6. The number of carbonyl (C=O) groups excluding carboxylic acids is 1. The number of carbonyl (C=O) groups is 1. The monoisotopic (exact) mass is 325 g/mol. The van der Waals surface area contributed by atoms with Crippen molar-refractivity contribution < 1.29 is 9.21 Å². The van der Waals surface area contributed by atoms with Gasteiger partial charge in [0.2, 0.25) is 0 Å². The number of rotatable bonds is 2. The highest BCUT2D eigenvalue weighted by molar-refractivity contribution is 7.84. The molecule has 1 aliphatic rings. The number of furan rings is 1.